The zero-order chi connectivity index (χ0) is 15.4. The van der Waals surface area contributed by atoms with Crippen molar-refractivity contribution in [2.24, 2.45) is 5.73 Å². The second-order valence-electron chi connectivity index (χ2n) is 6.00. The van der Waals surface area contributed by atoms with Crippen LogP contribution in [0.1, 0.15) is 37.1 Å². The standard InChI is InChI=1S/C17H23N3OS.2ClH/c18-13-9-11-20(12-10-13)17(21)8-4-3-7-16-19-14-5-1-2-6-15(14)22-16;;/h1-2,5-6,13H,3-4,7-12,18H2;2*1H. The van der Waals surface area contributed by atoms with Crippen LogP contribution in [0.25, 0.3) is 10.2 Å². The number of benzene rings is 1. The van der Waals surface area contributed by atoms with E-state index in [0.717, 1.165) is 50.7 Å². The van der Waals surface area contributed by atoms with Gasteiger partial charge in [-0.25, -0.2) is 4.98 Å². The first-order valence-corrected chi connectivity index (χ1v) is 8.92. The smallest absolute Gasteiger partial charge is 0.222 e. The molecule has 0 bridgehead atoms. The van der Waals surface area contributed by atoms with Crippen molar-refractivity contribution in [2.45, 2.75) is 44.6 Å². The van der Waals surface area contributed by atoms with Crippen molar-refractivity contribution in [3.05, 3.63) is 29.3 Å². The molecule has 1 aromatic heterocycles. The maximum atomic E-state index is 12.1. The number of thiazole rings is 1. The van der Waals surface area contributed by atoms with Gasteiger partial charge in [-0.15, -0.1) is 36.2 Å². The van der Waals surface area contributed by atoms with E-state index in [2.05, 4.69) is 17.1 Å². The number of carbonyl (C=O) groups is 1. The van der Waals surface area contributed by atoms with Gasteiger partial charge in [-0.05, 0) is 44.2 Å². The number of unbranched alkanes of at least 4 members (excludes halogenated alkanes) is 1. The van der Waals surface area contributed by atoms with Gasteiger partial charge in [-0.1, -0.05) is 12.1 Å². The number of carbonyl (C=O) groups excluding carboxylic acids is 1. The van der Waals surface area contributed by atoms with Crippen LogP contribution in [0.2, 0.25) is 0 Å². The predicted octanol–water partition coefficient (Wildman–Crippen LogP) is 3.80. The number of piperidine rings is 1. The molecule has 0 radical (unpaired) electrons. The third-order valence-electron chi connectivity index (χ3n) is 4.26. The van der Waals surface area contributed by atoms with Crippen molar-refractivity contribution in [2.75, 3.05) is 13.1 Å². The highest BCUT2D eigenvalue weighted by Gasteiger charge is 2.19. The Balaban J connectivity index is 0.00000144. The van der Waals surface area contributed by atoms with Gasteiger partial charge in [0.1, 0.15) is 0 Å². The van der Waals surface area contributed by atoms with Gasteiger partial charge < -0.3 is 10.6 Å². The van der Waals surface area contributed by atoms with E-state index in [1.165, 1.54) is 9.71 Å². The fraction of sp³-hybridized carbons (Fsp3) is 0.529. The second-order valence-corrected chi connectivity index (χ2v) is 7.12. The number of para-hydroxylation sites is 1. The molecule has 0 unspecified atom stereocenters. The highest BCUT2D eigenvalue weighted by Crippen LogP contribution is 2.23. The summed E-state index contributed by atoms with van der Waals surface area (Å²) in [5.74, 6) is 0.288. The van der Waals surface area contributed by atoms with E-state index >= 15 is 0 Å². The Morgan fingerprint density at radius 3 is 2.62 bits per heavy atom. The SMILES string of the molecule is Cl.Cl.NC1CCN(C(=O)CCCCc2nc3ccccc3s2)CC1. The summed E-state index contributed by atoms with van der Waals surface area (Å²) in [6.07, 6.45) is 5.47. The molecule has 4 nitrogen and oxygen atoms in total. The number of hydrogen-bond acceptors (Lipinski definition) is 4. The average molecular weight is 390 g/mol. The van der Waals surface area contributed by atoms with Gasteiger partial charge in [0, 0.05) is 25.6 Å². The first-order chi connectivity index (χ1) is 10.7. The Kier molecular flexibility index (Phi) is 8.98. The number of nitrogens with zero attached hydrogens (tertiary/aromatic N) is 2. The topological polar surface area (TPSA) is 59.2 Å². The summed E-state index contributed by atoms with van der Waals surface area (Å²) in [5, 5.41) is 1.18. The van der Waals surface area contributed by atoms with Crippen molar-refractivity contribution in [3.63, 3.8) is 0 Å². The summed E-state index contributed by atoms with van der Waals surface area (Å²) >= 11 is 1.76. The van der Waals surface area contributed by atoms with Crippen LogP contribution in [0, 0.1) is 0 Å². The molecular weight excluding hydrogens is 365 g/mol. The van der Waals surface area contributed by atoms with E-state index in [1.54, 1.807) is 11.3 Å². The van der Waals surface area contributed by atoms with Crippen LogP contribution in [-0.2, 0) is 11.2 Å². The summed E-state index contributed by atoms with van der Waals surface area (Å²) in [4.78, 5) is 18.7. The predicted molar refractivity (Wildman–Crippen MR) is 105 cm³/mol. The van der Waals surface area contributed by atoms with E-state index in [4.69, 9.17) is 5.73 Å². The van der Waals surface area contributed by atoms with Crippen molar-refractivity contribution < 1.29 is 4.79 Å². The van der Waals surface area contributed by atoms with Gasteiger partial charge in [-0.2, -0.15) is 0 Å². The molecule has 1 saturated heterocycles. The molecule has 0 atom stereocenters. The van der Waals surface area contributed by atoms with Gasteiger partial charge in [0.2, 0.25) is 5.91 Å². The molecule has 0 saturated carbocycles. The number of halogens is 2. The quantitative estimate of drug-likeness (QED) is 0.790. The Labute approximate surface area is 159 Å². The lowest BCUT2D eigenvalue weighted by Gasteiger charge is -2.30. The molecule has 1 aliphatic rings. The van der Waals surface area contributed by atoms with Gasteiger partial charge in [0.25, 0.3) is 0 Å². The Hall–Kier alpha value is -0.880. The Bertz CT molecular complexity index is 609. The number of aromatic nitrogens is 1. The molecule has 0 spiro atoms. The van der Waals surface area contributed by atoms with Crippen LogP contribution < -0.4 is 5.73 Å². The van der Waals surface area contributed by atoms with Crippen LogP contribution in [0.15, 0.2) is 24.3 Å². The fourth-order valence-corrected chi connectivity index (χ4v) is 3.90. The third kappa shape index (κ3) is 5.59. The van der Waals surface area contributed by atoms with E-state index in [1.807, 2.05) is 17.0 Å². The van der Waals surface area contributed by atoms with Gasteiger partial charge in [0.15, 0.2) is 0 Å². The Morgan fingerprint density at radius 1 is 1.21 bits per heavy atom. The largest absolute Gasteiger partial charge is 0.343 e. The first-order valence-electron chi connectivity index (χ1n) is 8.10. The number of amides is 1. The molecule has 0 aliphatic carbocycles. The van der Waals surface area contributed by atoms with Crippen LogP contribution in [0.5, 0.6) is 0 Å². The Morgan fingerprint density at radius 2 is 1.92 bits per heavy atom. The normalized spacial score (nSPS) is 15.0. The van der Waals surface area contributed by atoms with Crippen LogP contribution in [-0.4, -0.2) is 34.9 Å². The molecule has 3 rings (SSSR count). The molecule has 1 amide bonds. The fourth-order valence-electron chi connectivity index (χ4n) is 2.89. The highest BCUT2D eigenvalue weighted by molar-refractivity contribution is 7.18. The van der Waals surface area contributed by atoms with Crippen molar-refractivity contribution >= 4 is 52.3 Å². The third-order valence-corrected chi connectivity index (χ3v) is 5.36. The van der Waals surface area contributed by atoms with Crippen molar-refractivity contribution in [1.29, 1.82) is 0 Å². The molecule has 1 fully saturated rings. The van der Waals surface area contributed by atoms with Crippen molar-refractivity contribution in [1.82, 2.24) is 9.88 Å². The van der Waals surface area contributed by atoms with Gasteiger partial charge in [-0.3, -0.25) is 4.79 Å². The molecule has 24 heavy (non-hydrogen) atoms. The summed E-state index contributed by atoms with van der Waals surface area (Å²) < 4.78 is 1.25. The van der Waals surface area contributed by atoms with E-state index in [9.17, 15) is 4.79 Å². The molecule has 7 heteroatoms. The molecule has 134 valence electrons. The zero-order valence-electron chi connectivity index (χ0n) is 13.6. The summed E-state index contributed by atoms with van der Waals surface area (Å²) in [5.41, 5.74) is 6.96. The summed E-state index contributed by atoms with van der Waals surface area (Å²) in [7, 11) is 0. The van der Waals surface area contributed by atoms with Crippen LogP contribution >= 0.6 is 36.2 Å². The second kappa shape index (κ2) is 10.2. The highest BCUT2D eigenvalue weighted by atomic mass is 35.5. The van der Waals surface area contributed by atoms with Crippen LogP contribution in [0.3, 0.4) is 0 Å². The number of hydrogen-bond donors (Lipinski definition) is 1. The van der Waals surface area contributed by atoms with Crippen molar-refractivity contribution in [3.8, 4) is 0 Å². The summed E-state index contributed by atoms with van der Waals surface area (Å²) in [6, 6.07) is 8.52. The number of fused-ring (bicyclic) bond motifs is 1. The van der Waals surface area contributed by atoms with E-state index in [0.29, 0.717) is 6.42 Å². The number of likely N-dealkylation sites (tertiary alicyclic amines) is 1. The van der Waals surface area contributed by atoms with Gasteiger partial charge in [0.05, 0.1) is 15.2 Å². The zero-order valence-corrected chi connectivity index (χ0v) is 16.1. The number of nitrogens with two attached hydrogens (primary N) is 1. The number of rotatable bonds is 5. The summed E-state index contributed by atoms with van der Waals surface area (Å²) in [6.45, 7) is 1.66. The lowest BCUT2D eigenvalue weighted by Crippen LogP contribution is -2.42. The number of aryl methyl sites for hydroxylation is 1. The minimum absolute atomic E-state index is 0. The van der Waals surface area contributed by atoms with Gasteiger partial charge >= 0.3 is 0 Å². The minimum atomic E-state index is 0. The average Bonchev–Trinajstić information content (AvgIpc) is 2.95. The minimum Gasteiger partial charge on any atom is -0.343 e. The van der Waals surface area contributed by atoms with Crippen LogP contribution in [0.4, 0.5) is 0 Å². The molecule has 2 heterocycles. The monoisotopic (exact) mass is 389 g/mol. The molecule has 1 aliphatic heterocycles. The lowest BCUT2D eigenvalue weighted by atomic mass is 10.1. The molecule has 1 aromatic carbocycles. The first kappa shape index (κ1) is 21.2. The molecule has 2 N–H and O–H groups in total. The van der Waals surface area contributed by atoms with E-state index < -0.39 is 0 Å². The lowest BCUT2D eigenvalue weighted by molar-refractivity contribution is -0.132. The maximum Gasteiger partial charge on any atom is 0.222 e. The molecule has 2 aromatic rings. The molecular formula is C17H25Cl2N3OS. The maximum absolute atomic E-state index is 12.1. The van der Waals surface area contributed by atoms with E-state index in [-0.39, 0.29) is 36.8 Å².